The normalized spacial score (nSPS) is 16.9. The van der Waals surface area contributed by atoms with Gasteiger partial charge in [0.1, 0.15) is 5.56 Å². The van der Waals surface area contributed by atoms with Crippen molar-refractivity contribution in [2.24, 2.45) is 5.92 Å². The minimum atomic E-state index is -4.18. The summed E-state index contributed by atoms with van der Waals surface area (Å²) < 4.78 is 43.7. The van der Waals surface area contributed by atoms with E-state index in [-0.39, 0.29) is 37.7 Å². The number of alkyl halides is 3. The standard InChI is InChI=1S/C13H14F3IN2O2/c1-21-11-10(9(17)2-5-18-11)12(20)19-6-3-8(4-7-19)13(14,15)16/h2,5,8H,3-4,6-7H2,1H3. The van der Waals surface area contributed by atoms with Gasteiger partial charge < -0.3 is 9.64 Å². The van der Waals surface area contributed by atoms with E-state index in [2.05, 4.69) is 4.98 Å². The molecule has 0 unspecified atom stereocenters. The third-order valence-electron chi connectivity index (χ3n) is 3.52. The Morgan fingerprint density at radius 2 is 2.05 bits per heavy atom. The van der Waals surface area contributed by atoms with Crippen LogP contribution in [-0.4, -0.2) is 42.2 Å². The van der Waals surface area contributed by atoms with Crippen molar-refractivity contribution in [3.63, 3.8) is 0 Å². The Morgan fingerprint density at radius 3 is 2.57 bits per heavy atom. The van der Waals surface area contributed by atoms with Crippen molar-refractivity contribution in [2.75, 3.05) is 20.2 Å². The maximum atomic E-state index is 12.6. The van der Waals surface area contributed by atoms with Gasteiger partial charge in [0.25, 0.3) is 5.91 Å². The number of carbonyl (C=O) groups excluding carboxylic acids is 1. The molecule has 1 amide bonds. The molecule has 8 heteroatoms. The highest BCUT2D eigenvalue weighted by molar-refractivity contribution is 14.1. The van der Waals surface area contributed by atoms with E-state index in [0.717, 1.165) is 0 Å². The Hall–Kier alpha value is -1.06. The number of hydrogen-bond donors (Lipinski definition) is 0. The predicted octanol–water partition coefficient (Wildman–Crippen LogP) is 3.11. The molecule has 1 aliphatic rings. The lowest BCUT2D eigenvalue weighted by atomic mass is 9.96. The molecular weight excluding hydrogens is 400 g/mol. The monoisotopic (exact) mass is 414 g/mol. The van der Waals surface area contributed by atoms with Crippen molar-refractivity contribution in [3.8, 4) is 5.88 Å². The van der Waals surface area contributed by atoms with Gasteiger partial charge in [0.2, 0.25) is 5.88 Å². The van der Waals surface area contributed by atoms with Crippen LogP contribution in [0.4, 0.5) is 13.2 Å². The molecule has 1 aliphatic heterocycles. The van der Waals surface area contributed by atoms with Crippen LogP contribution in [0, 0.1) is 9.49 Å². The second-order valence-electron chi connectivity index (χ2n) is 4.79. The molecule has 116 valence electrons. The molecule has 0 aliphatic carbocycles. The van der Waals surface area contributed by atoms with Gasteiger partial charge in [-0.1, -0.05) is 0 Å². The first-order chi connectivity index (χ1) is 9.84. The van der Waals surface area contributed by atoms with Gasteiger partial charge in [-0.15, -0.1) is 0 Å². The van der Waals surface area contributed by atoms with Crippen molar-refractivity contribution >= 4 is 28.5 Å². The van der Waals surface area contributed by atoms with Crippen LogP contribution >= 0.6 is 22.6 Å². The van der Waals surface area contributed by atoms with Crippen molar-refractivity contribution in [2.45, 2.75) is 19.0 Å². The lowest BCUT2D eigenvalue weighted by molar-refractivity contribution is -0.183. The molecule has 0 aromatic carbocycles. The zero-order valence-corrected chi connectivity index (χ0v) is 13.4. The number of carbonyl (C=O) groups is 1. The maximum Gasteiger partial charge on any atom is 0.391 e. The van der Waals surface area contributed by atoms with Crippen LogP contribution in [-0.2, 0) is 0 Å². The van der Waals surface area contributed by atoms with E-state index >= 15 is 0 Å². The molecule has 1 fully saturated rings. The molecule has 1 aromatic heterocycles. The first-order valence-corrected chi connectivity index (χ1v) is 7.47. The molecule has 0 bridgehead atoms. The Labute approximate surface area is 133 Å². The van der Waals surface area contributed by atoms with Gasteiger partial charge in [0.05, 0.1) is 13.0 Å². The van der Waals surface area contributed by atoms with Crippen LogP contribution in [0.25, 0.3) is 0 Å². The summed E-state index contributed by atoms with van der Waals surface area (Å²) in [6.07, 6.45) is -2.79. The molecule has 0 spiro atoms. The van der Waals surface area contributed by atoms with Crippen LogP contribution in [0.15, 0.2) is 12.3 Å². The van der Waals surface area contributed by atoms with E-state index < -0.39 is 12.1 Å². The first-order valence-electron chi connectivity index (χ1n) is 6.39. The minimum absolute atomic E-state index is 0.0611. The SMILES string of the molecule is COc1nccc(I)c1C(=O)N1CCC(C(F)(F)F)CC1. The van der Waals surface area contributed by atoms with Crippen LogP contribution in [0.5, 0.6) is 5.88 Å². The van der Waals surface area contributed by atoms with Gasteiger partial charge in [0, 0.05) is 22.9 Å². The molecule has 1 aromatic rings. The molecule has 1 saturated heterocycles. The molecule has 4 nitrogen and oxygen atoms in total. The second-order valence-corrected chi connectivity index (χ2v) is 5.95. The molecule has 2 heterocycles. The number of halogens is 4. The highest BCUT2D eigenvalue weighted by atomic mass is 127. The number of amides is 1. The Morgan fingerprint density at radius 1 is 1.43 bits per heavy atom. The summed E-state index contributed by atoms with van der Waals surface area (Å²) >= 11 is 1.99. The predicted molar refractivity (Wildman–Crippen MR) is 78.2 cm³/mol. The Kier molecular flexibility index (Phi) is 4.95. The lowest BCUT2D eigenvalue weighted by Gasteiger charge is -2.33. The molecular formula is C13H14F3IN2O2. The number of pyridine rings is 1. The lowest BCUT2D eigenvalue weighted by Crippen LogP contribution is -2.42. The fraction of sp³-hybridized carbons (Fsp3) is 0.538. The van der Waals surface area contributed by atoms with E-state index in [1.54, 1.807) is 6.07 Å². The summed E-state index contributed by atoms with van der Waals surface area (Å²) in [5.74, 6) is -1.45. The fourth-order valence-corrected chi connectivity index (χ4v) is 2.96. The van der Waals surface area contributed by atoms with Gasteiger partial charge in [-0.05, 0) is 41.5 Å². The van der Waals surface area contributed by atoms with Gasteiger partial charge >= 0.3 is 6.18 Å². The number of likely N-dealkylation sites (tertiary alicyclic amines) is 1. The highest BCUT2D eigenvalue weighted by Crippen LogP contribution is 2.35. The molecule has 0 N–H and O–H groups in total. The minimum Gasteiger partial charge on any atom is -0.480 e. The molecule has 2 rings (SSSR count). The topological polar surface area (TPSA) is 42.4 Å². The highest BCUT2D eigenvalue weighted by Gasteiger charge is 2.42. The van der Waals surface area contributed by atoms with Crippen molar-refractivity contribution < 1.29 is 22.7 Å². The second kappa shape index (κ2) is 6.37. The van der Waals surface area contributed by atoms with E-state index in [1.807, 2.05) is 22.6 Å². The number of hydrogen-bond acceptors (Lipinski definition) is 3. The summed E-state index contributed by atoms with van der Waals surface area (Å²) in [5, 5.41) is 0. The quantitative estimate of drug-likeness (QED) is 0.699. The Balaban J connectivity index is 2.13. The van der Waals surface area contributed by atoms with Crippen LogP contribution in [0.2, 0.25) is 0 Å². The maximum absolute atomic E-state index is 12.6. The summed E-state index contributed by atoms with van der Waals surface area (Å²) in [4.78, 5) is 17.9. The molecule has 0 atom stereocenters. The van der Waals surface area contributed by atoms with Crippen LogP contribution < -0.4 is 4.74 Å². The van der Waals surface area contributed by atoms with Crippen molar-refractivity contribution in [1.29, 1.82) is 0 Å². The van der Waals surface area contributed by atoms with E-state index in [4.69, 9.17) is 4.74 Å². The average Bonchev–Trinajstić information content (AvgIpc) is 2.45. The van der Waals surface area contributed by atoms with E-state index in [1.165, 1.54) is 18.2 Å². The molecule has 0 radical (unpaired) electrons. The summed E-state index contributed by atoms with van der Waals surface area (Å²) in [5.41, 5.74) is 0.311. The summed E-state index contributed by atoms with van der Waals surface area (Å²) in [7, 11) is 1.41. The van der Waals surface area contributed by atoms with Crippen molar-refractivity contribution in [3.05, 3.63) is 21.4 Å². The van der Waals surface area contributed by atoms with Gasteiger partial charge in [-0.25, -0.2) is 4.98 Å². The van der Waals surface area contributed by atoms with E-state index in [9.17, 15) is 18.0 Å². The summed E-state index contributed by atoms with van der Waals surface area (Å²) in [6.45, 7) is 0.189. The number of piperidine rings is 1. The van der Waals surface area contributed by atoms with Crippen LogP contribution in [0.3, 0.4) is 0 Å². The zero-order chi connectivity index (χ0) is 15.6. The number of aromatic nitrogens is 1. The number of nitrogens with zero attached hydrogens (tertiary/aromatic N) is 2. The van der Waals surface area contributed by atoms with Gasteiger partial charge in [0.15, 0.2) is 0 Å². The first kappa shape index (κ1) is 16.3. The van der Waals surface area contributed by atoms with Crippen LogP contribution in [0.1, 0.15) is 23.2 Å². The van der Waals surface area contributed by atoms with E-state index in [0.29, 0.717) is 9.13 Å². The molecule has 21 heavy (non-hydrogen) atoms. The van der Waals surface area contributed by atoms with Crippen molar-refractivity contribution in [1.82, 2.24) is 9.88 Å². The third kappa shape index (κ3) is 3.58. The largest absolute Gasteiger partial charge is 0.480 e. The van der Waals surface area contributed by atoms with Gasteiger partial charge in [-0.3, -0.25) is 4.79 Å². The Bertz CT molecular complexity index is 529. The number of rotatable bonds is 2. The third-order valence-corrected chi connectivity index (χ3v) is 4.42. The number of methoxy groups -OCH3 is 1. The smallest absolute Gasteiger partial charge is 0.391 e. The summed E-state index contributed by atoms with van der Waals surface area (Å²) in [6, 6.07) is 1.67. The van der Waals surface area contributed by atoms with Gasteiger partial charge in [-0.2, -0.15) is 13.2 Å². The average molecular weight is 414 g/mol. The zero-order valence-electron chi connectivity index (χ0n) is 11.3. The molecule has 0 saturated carbocycles. The fourth-order valence-electron chi connectivity index (χ4n) is 2.34. The number of ether oxygens (including phenoxy) is 1.